The van der Waals surface area contributed by atoms with Crippen LogP contribution in [0.25, 0.3) is 0 Å². The summed E-state index contributed by atoms with van der Waals surface area (Å²) in [7, 11) is 0. The van der Waals surface area contributed by atoms with Crippen molar-refractivity contribution in [2.75, 3.05) is 52.7 Å². The highest BCUT2D eigenvalue weighted by atomic mass is 16.7. The van der Waals surface area contributed by atoms with E-state index >= 15 is 0 Å². The standard InChI is InChI=1S/C12H24N2O3/c1-2-14-4-6-16-12(9-14)8-13-7-11-3-5-15-10-17-11/h11-13H,2-10H2,1H3. The van der Waals surface area contributed by atoms with Gasteiger partial charge in [0.25, 0.3) is 0 Å². The minimum absolute atomic E-state index is 0.301. The lowest BCUT2D eigenvalue weighted by molar-refractivity contribution is -0.137. The van der Waals surface area contributed by atoms with Gasteiger partial charge in [-0.25, -0.2) is 0 Å². The van der Waals surface area contributed by atoms with Gasteiger partial charge in [-0.3, -0.25) is 4.90 Å². The Balaban J connectivity index is 1.57. The van der Waals surface area contributed by atoms with Gasteiger partial charge in [0.15, 0.2) is 0 Å². The van der Waals surface area contributed by atoms with Gasteiger partial charge < -0.3 is 19.5 Å². The zero-order chi connectivity index (χ0) is 11.9. The van der Waals surface area contributed by atoms with Gasteiger partial charge in [0.2, 0.25) is 0 Å². The highest BCUT2D eigenvalue weighted by Crippen LogP contribution is 2.06. The zero-order valence-corrected chi connectivity index (χ0v) is 10.7. The SMILES string of the molecule is CCN1CCOC(CNCC2CCOCO2)C1. The van der Waals surface area contributed by atoms with E-state index in [0.29, 0.717) is 19.0 Å². The molecule has 0 aliphatic carbocycles. The van der Waals surface area contributed by atoms with Gasteiger partial charge in [0.05, 0.1) is 25.4 Å². The van der Waals surface area contributed by atoms with Crippen molar-refractivity contribution < 1.29 is 14.2 Å². The molecule has 2 unspecified atom stereocenters. The molecule has 5 heteroatoms. The van der Waals surface area contributed by atoms with Crippen molar-refractivity contribution in [1.29, 1.82) is 0 Å². The lowest BCUT2D eigenvalue weighted by Gasteiger charge is -2.32. The summed E-state index contributed by atoms with van der Waals surface area (Å²) in [6.45, 7) is 9.34. The number of ether oxygens (including phenoxy) is 3. The summed E-state index contributed by atoms with van der Waals surface area (Å²) in [4.78, 5) is 2.43. The van der Waals surface area contributed by atoms with E-state index in [1.165, 1.54) is 0 Å². The molecule has 0 aromatic carbocycles. The molecule has 0 amide bonds. The molecule has 0 spiro atoms. The number of likely N-dealkylation sites (N-methyl/N-ethyl adjacent to an activating group) is 1. The fraction of sp³-hybridized carbons (Fsp3) is 1.00. The van der Waals surface area contributed by atoms with Gasteiger partial charge in [-0.2, -0.15) is 0 Å². The molecule has 2 aliphatic heterocycles. The molecule has 5 nitrogen and oxygen atoms in total. The van der Waals surface area contributed by atoms with Gasteiger partial charge in [0.1, 0.15) is 6.79 Å². The third-order valence-electron chi connectivity index (χ3n) is 3.39. The number of nitrogens with zero attached hydrogens (tertiary/aromatic N) is 1. The third-order valence-corrected chi connectivity index (χ3v) is 3.39. The lowest BCUT2D eigenvalue weighted by Crippen LogP contribution is -2.47. The number of hydrogen-bond acceptors (Lipinski definition) is 5. The molecular weight excluding hydrogens is 220 g/mol. The summed E-state index contributed by atoms with van der Waals surface area (Å²) < 4.78 is 16.3. The van der Waals surface area contributed by atoms with Gasteiger partial charge in [-0.05, 0) is 13.0 Å². The fourth-order valence-electron chi connectivity index (χ4n) is 2.26. The normalized spacial score (nSPS) is 31.6. The first-order valence-corrected chi connectivity index (χ1v) is 6.62. The second-order valence-electron chi connectivity index (χ2n) is 4.65. The smallest absolute Gasteiger partial charge is 0.147 e. The van der Waals surface area contributed by atoms with E-state index in [1.807, 2.05) is 0 Å². The summed E-state index contributed by atoms with van der Waals surface area (Å²) >= 11 is 0. The van der Waals surface area contributed by atoms with Crippen LogP contribution in [0.2, 0.25) is 0 Å². The minimum Gasteiger partial charge on any atom is -0.374 e. The van der Waals surface area contributed by atoms with Gasteiger partial charge in [-0.1, -0.05) is 6.92 Å². The molecule has 0 aromatic heterocycles. The molecule has 0 aromatic rings. The first-order chi connectivity index (χ1) is 8.38. The Kier molecular flexibility index (Phi) is 5.67. The molecule has 2 atom stereocenters. The van der Waals surface area contributed by atoms with Gasteiger partial charge >= 0.3 is 0 Å². The van der Waals surface area contributed by atoms with Crippen molar-refractivity contribution in [2.45, 2.75) is 25.6 Å². The van der Waals surface area contributed by atoms with E-state index in [9.17, 15) is 0 Å². The van der Waals surface area contributed by atoms with Crippen molar-refractivity contribution in [2.24, 2.45) is 0 Å². The van der Waals surface area contributed by atoms with Crippen LogP contribution in [0, 0.1) is 0 Å². The number of nitrogens with one attached hydrogen (secondary N) is 1. The number of hydrogen-bond donors (Lipinski definition) is 1. The average Bonchev–Trinajstić information content (AvgIpc) is 2.40. The predicted molar refractivity (Wildman–Crippen MR) is 65.0 cm³/mol. The maximum atomic E-state index is 5.73. The van der Waals surface area contributed by atoms with E-state index in [2.05, 4.69) is 17.1 Å². The largest absolute Gasteiger partial charge is 0.374 e. The van der Waals surface area contributed by atoms with Crippen LogP contribution >= 0.6 is 0 Å². The van der Waals surface area contributed by atoms with E-state index in [0.717, 1.165) is 52.4 Å². The Labute approximate surface area is 103 Å². The minimum atomic E-state index is 0.301. The van der Waals surface area contributed by atoms with Gasteiger partial charge in [-0.15, -0.1) is 0 Å². The summed E-state index contributed by atoms with van der Waals surface area (Å²) in [5, 5.41) is 3.44. The Morgan fingerprint density at radius 1 is 1.18 bits per heavy atom. The van der Waals surface area contributed by atoms with Crippen molar-refractivity contribution >= 4 is 0 Å². The molecule has 17 heavy (non-hydrogen) atoms. The molecule has 0 saturated carbocycles. The predicted octanol–water partition coefficient (Wildman–Crippen LogP) is 0.0597. The highest BCUT2D eigenvalue weighted by Gasteiger charge is 2.20. The Morgan fingerprint density at radius 2 is 2.06 bits per heavy atom. The maximum Gasteiger partial charge on any atom is 0.147 e. The fourth-order valence-corrected chi connectivity index (χ4v) is 2.26. The molecular formula is C12H24N2O3. The second-order valence-corrected chi connectivity index (χ2v) is 4.65. The Morgan fingerprint density at radius 3 is 2.82 bits per heavy atom. The third kappa shape index (κ3) is 4.52. The molecule has 2 aliphatic rings. The van der Waals surface area contributed by atoms with Crippen molar-refractivity contribution in [1.82, 2.24) is 10.2 Å². The molecule has 2 fully saturated rings. The Hall–Kier alpha value is -0.200. The van der Waals surface area contributed by atoms with E-state index in [1.54, 1.807) is 0 Å². The van der Waals surface area contributed by atoms with Crippen LogP contribution in [0.4, 0.5) is 0 Å². The molecule has 2 heterocycles. The van der Waals surface area contributed by atoms with E-state index in [-0.39, 0.29) is 0 Å². The summed E-state index contributed by atoms with van der Waals surface area (Å²) in [5.74, 6) is 0. The van der Waals surface area contributed by atoms with Crippen molar-refractivity contribution in [3.05, 3.63) is 0 Å². The molecule has 100 valence electrons. The van der Waals surface area contributed by atoms with E-state index < -0.39 is 0 Å². The number of morpholine rings is 1. The summed E-state index contributed by atoms with van der Waals surface area (Å²) in [5.41, 5.74) is 0. The molecule has 0 radical (unpaired) electrons. The second kappa shape index (κ2) is 7.28. The lowest BCUT2D eigenvalue weighted by atomic mass is 10.2. The van der Waals surface area contributed by atoms with Crippen LogP contribution in [0.15, 0.2) is 0 Å². The monoisotopic (exact) mass is 244 g/mol. The van der Waals surface area contributed by atoms with Crippen LogP contribution in [0.5, 0.6) is 0 Å². The molecule has 0 bridgehead atoms. The molecule has 1 N–H and O–H groups in total. The van der Waals surface area contributed by atoms with E-state index in [4.69, 9.17) is 14.2 Å². The van der Waals surface area contributed by atoms with Crippen LogP contribution in [-0.4, -0.2) is 69.8 Å². The topological polar surface area (TPSA) is 43.0 Å². The van der Waals surface area contributed by atoms with Gasteiger partial charge in [0, 0.05) is 26.2 Å². The Bertz CT molecular complexity index is 210. The average molecular weight is 244 g/mol. The first kappa shape index (κ1) is 13.2. The molecule has 2 rings (SSSR count). The highest BCUT2D eigenvalue weighted by molar-refractivity contribution is 4.74. The quantitative estimate of drug-likeness (QED) is 0.741. The van der Waals surface area contributed by atoms with Crippen molar-refractivity contribution in [3.63, 3.8) is 0 Å². The summed E-state index contributed by atoms with van der Waals surface area (Å²) in [6.07, 6.45) is 1.61. The van der Waals surface area contributed by atoms with Crippen molar-refractivity contribution in [3.8, 4) is 0 Å². The van der Waals surface area contributed by atoms with Crippen LogP contribution in [0.1, 0.15) is 13.3 Å². The number of rotatable bonds is 5. The first-order valence-electron chi connectivity index (χ1n) is 6.62. The van der Waals surface area contributed by atoms with Crippen LogP contribution < -0.4 is 5.32 Å². The van der Waals surface area contributed by atoms with Crippen LogP contribution in [-0.2, 0) is 14.2 Å². The van der Waals surface area contributed by atoms with Crippen LogP contribution in [0.3, 0.4) is 0 Å². The summed E-state index contributed by atoms with van der Waals surface area (Å²) in [6, 6.07) is 0. The molecule has 2 saturated heterocycles. The maximum absolute atomic E-state index is 5.73. The zero-order valence-electron chi connectivity index (χ0n) is 10.7.